The van der Waals surface area contributed by atoms with E-state index in [0.29, 0.717) is 5.13 Å². The summed E-state index contributed by atoms with van der Waals surface area (Å²) in [5.41, 5.74) is 2.48. The molecule has 0 unspecified atom stereocenters. The van der Waals surface area contributed by atoms with Crippen LogP contribution in [0.1, 0.15) is 0 Å². The highest BCUT2D eigenvalue weighted by molar-refractivity contribution is 7.16. The zero-order chi connectivity index (χ0) is 18.8. The number of fused-ring (bicyclic) bond motifs is 1. The van der Waals surface area contributed by atoms with Crippen molar-refractivity contribution in [3.63, 3.8) is 0 Å². The molecule has 0 bridgehead atoms. The molecule has 0 aliphatic heterocycles. The third-order valence-corrected chi connectivity index (χ3v) is 5.73. The number of para-hydroxylation sites is 1. The Bertz CT molecular complexity index is 1160. The molecule has 4 aromatic rings. The van der Waals surface area contributed by atoms with E-state index in [9.17, 15) is 9.59 Å². The van der Waals surface area contributed by atoms with Crippen molar-refractivity contribution in [2.45, 2.75) is 6.54 Å². The van der Waals surface area contributed by atoms with E-state index in [-0.39, 0.29) is 17.3 Å². The van der Waals surface area contributed by atoms with Gasteiger partial charge in [-0.3, -0.25) is 14.2 Å². The maximum Gasteiger partial charge on any atom is 0.308 e. The molecule has 0 spiro atoms. The molecule has 4 rings (SSSR count). The summed E-state index contributed by atoms with van der Waals surface area (Å²) in [6.07, 6.45) is 0. The number of carbonyl (C=O) groups is 1. The Morgan fingerprint density at radius 3 is 2.74 bits per heavy atom. The van der Waals surface area contributed by atoms with Crippen LogP contribution in [0.3, 0.4) is 0 Å². The Labute approximate surface area is 162 Å². The molecule has 0 saturated heterocycles. The molecule has 2 aromatic heterocycles. The second-order valence-electron chi connectivity index (χ2n) is 5.74. The maximum atomic E-state index is 12.4. The molecule has 0 saturated carbocycles. The van der Waals surface area contributed by atoms with E-state index in [2.05, 4.69) is 10.3 Å². The molecule has 27 heavy (non-hydrogen) atoms. The first-order valence-corrected chi connectivity index (χ1v) is 9.82. The van der Waals surface area contributed by atoms with E-state index in [4.69, 9.17) is 4.74 Å². The Kier molecular flexibility index (Phi) is 4.74. The lowest BCUT2D eigenvalue weighted by Gasteiger charge is -2.04. The van der Waals surface area contributed by atoms with Gasteiger partial charge in [0.2, 0.25) is 5.91 Å². The van der Waals surface area contributed by atoms with E-state index in [1.807, 2.05) is 53.9 Å². The number of ether oxygens (including phenoxy) is 1. The quantitative estimate of drug-likeness (QED) is 0.555. The van der Waals surface area contributed by atoms with Crippen LogP contribution in [0.15, 0.2) is 58.7 Å². The first kappa shape index (κ1) is 17.4. The minimum atomic E-state index is -0.281. The fourth-order valence-corrected chi connectivity index (χ4v) is 4.32. The summed E-state index contributed by atoms with van der Waals surface area (Å²) in [7, 11) is 1.62. The lowest BCUT2D eigenvalue weighted by Crippen LogP contribution is -2.24. The Balaban J connectivity index is 1.49. The molecule has 0 fully saturated rings. The Hall–Kier alpha value is -2.97. The van der Waals surface area contributed by atoms with Crippen LogP contribution in [0.4, 0.5) is 5.13 Å². The molecule has 0 atom stereocenters. The van der Waals surface area contributed by atoms with Gasteiger partial charge in [0.15, 0.2) is 5.13 Å². The van der Waals surface area contributed by atoms with Gasteiger partial charge in [-0.2, -0.15) is 0 Å². The van der Waals surface area contributed by atoms with Crippen LogP contribution in [0, 0.1) is 0 Å². The van der Waals surface area contributed by atoms with Gasteiger partial charge in [0, 0.05) is 10.9 Å². The minimum Gasteiger partial charge on any atom is -0.497 e. The molecule has 0 radical (unpaired) electrons. The highest BCUT2D eigenvalue weighted by Gasteiger charge is 2.13. The van der Waals surface area contributed by atoms with E-state index < -0.39 is 0 Å². The van der Waals surface area contributed by atoms with Crippen molar-refractivity contribution >= 4 is 43.9 Å². The number of nitrogens with one attached hydrogen (secondary N) is 1. The summed E-state index contributed by atoms with van der Waals surface area (Å²) < 4.78 is 7.50. The largest absolute Gasteiger partial charge is 0.497 e. The number of aromatic nitrogens is 2. The second kappa shape index (κ2) is 7.34. The van der Waals surface area contributed by atoms with E-state index in [1.54, 1.807) is 7.11 Å². The average Bonchev–Trinajstić information content (AvgIpc) is 3.27. The van der Waals surface area contributed by atoms with Gasteiger partial charge in [-0.05, 0) is 36.4 Å². The standard InChI is InChI=1S/C19H15N3O3S2/c1-25-13-8-6-12(7-9-13)14-11-26-18(20-14)21-17(23)10-22-15-4-2-3-5-16(15)27-19(22)24/h2-9,11H,10H2,1H3,(H,20,21,23). The van der Waals surface area contributed by atoms with E-state index in [1.165, 1.54) is 15.9 Å². The van der Waals surface area contributed by atoms with Crippen LogP contribution in [0.5, 0.6) is 5.75 Å². The first-order valence-electron chi connectivity index (χ1n) is 8.12. The number of rotatable bonds is 5. The Morgan fingerprint density at radius 2 is 1.96 bits per heavy atom. The van der Waals surface area contributed by atoms with Crippen LogP contribution in [-0.4, -0.2) is 22.6 Å². The van der Waals surface area contributed by atoms with Crippen molar-refractivity contribution in [2.75, 3.05) is 12.4 Å². The van der Waals surface area contributed by atoms with Gasteiger partial charge in [-0.1, -0.05) is 23.5 Å². The van der Waals surface area contributed by atoms with Crippen molar-refractivity contribution in [3.05, 3.63) is 63.6 Å². The van der Waals surface area contributed by atoms with Gasteiger partial charge in [-0.25, -0.2) is 4.98 Å². The highest BCUT2D eigenvalue weighted by atomic mass is 32.1. The predicted molar refractivity (Wildman–Crippen MR) is 109 cm³/mol. The molecule has 1 amide bonds. The summed E-state index contributed by atoms with van der Waals surface area (Å²) in [5.74, 6) is 0.493. The fraction of sp³-hybridized carbons (Fsp3) is 0.105. The van der Waals surface area contributed by atoms with E-state index in [0.717, 1.165) is 38.6 Å². The topological polar surface area (TPSA) is 73.2 Å². The number of nitrogens with zero attached hydrogens (tertiary/aromatic N) is 2. The van der Waals surface area contributed by atoms with Crippen molar-refractivity contribution in [2.24, 2.45) is 0 Å². The molecular formula is C19H15N3O3S2. The van der Waals surface area contributed by atoms with Crippen molar-refractivity contribution < 1.29 is 9.53 Å². The zero-order valence-electron chi connectivity index (χ0n) is 14.3. The van der Waals surface area contributed by atoms with E-state index >= 15 is 0 Å². The molecule has 2 heterocycles. The number of hydrogen-bond donors (Lipinski definition) is 1. The molecule has 0 aliphatic rings. The summed E-state index contributed by atoms with van der Waals surface area (Å²) in [6.45, 7) is -0.0414. The smallest absolute Gasteiger partial charge is 0.308 e. The van der Waals surface area contributed by atoms with Gasteiger partial charge in [0.05, 0.1) is 23.0 Å². The molecule has 1 N–H and O–H groups in total. The molecule has 2 aromatic carbocycles. The number of thiazole rings is 2. The lowest BCUT2D eigenvalue weighted by atomic mass is 10.2. The van der Waals surface area contributed by atoms with Gasteiger partial charge >= 0.3 is 4.87 Å². The average molecular weight is 397 g/mol. The second-order valence-corrected chi connectivity index (χ2v) is 7.59. The first-order chi connectivity index (χ1) is 13.1. The Morgan fingerprint density at radius 1 is 1.19 bits per heavy atom. The number of carbonyl (C=O) groups excluding carboxylic acids is 1. The SMILES string of the molecule is COc1ccc(-c2csc(NC(=O)Cn3c(=O)sc4ccccc43)n2)cc1. The van der Waals surface area contributed by atoms with Gasteiger partial charge < -0.3 is 10.1 Å². The van der Waals surface area contributed by atoms with Crippen LogP contribution in [0.2, 0.25) is 0 Å². The summed E-state index contributed by atoms with van der Waals surface area (Å²) >= 11 is 2.48. The van der Waals surface area contributed by atoms with Crippen LogP contribution in [-0.2, 0) is 11.3 Å². The molecule has 136 valence electrons. The lowest BCUT2D eigenvalue weighted by molar-refractivity contribution is -0.116. The normalized spacial score (nSPS) is 10.9. The van der Waals surface area contributed by atoms with Gasteiger partial charge in [0.25, 0.3) is 0 Å². The minimum absolute atomic E-state index is 0.0414. The molecular weight excluding hydrogens is 382 g/mol. The third kappa shape index (κ3) is 3.62. The summed E-state index contributed by atoms with van der Waals surface area (Å²) in [4.78, 5) is 28.8. The molecule has 6 nitrogen and oxygen atoms in total. The summed E-state index contributed by atoms with van der Waals surface area (Å²) in [6, 6.07) is 15.0. The van der Waals surface area contributed by atoms with Crippen molar-refractivity contribution in [1.29, 1.82) is 0 Å². The van der Waals surface area contributed by atoms with Crippen molar-refractivity contribution in [3.8, 4) is 17.0 Å². The molecule has 8 heteroatoms. The molecule has 0 aliphatic carbocycles. The number of benzene rings is 2. The third-order valence-electron chi connectivity index (χ3n) is 4.01. The number of anilines is 1. The van der Waals surface area contributed by atoms with Crippen LogP contribution >= 0.6 is 22.7 Å². The van der Waals surface area contributed by atoms with Gasteiger partial charge in [-0.15, -0.1) is 11.3 Å². The van der Waals surface area contributed by atoms with Crippen LogP contribution in [0.25, 0.3) is 21.5 Å². The van der Waals surface area contributed by atoms with Crippen LogP contribution < -0.4 is 14.9 Å². The highest BCUT2D eigenvalue weighted by Crippen LogP contribution is 2.26. The fourth-order valence-electron chi connectivity index (χ4n) is 2.69. The zero-order valence-corrected chi connectivity index (χ0v) is 16.0. The number of methoxy groups -OCH3 is 1. The van der Waals surface area contributed by atoms with Gasteiger partial charge in [0.1, 0.15) is 12.3 Å². The van der Waals surface area contributed by atoms with Crippen molar-refractivity contribution in [1.82, 2.24) is 9.55 Å². The number of amides is 1. The maximum absolute atomic E-state index is 12.4. The number of hydrogen-bond acceptors (Lipinski definition) is 6. The monoisotopic (exact) mass is 397 g/mol. The predicted octanol–water partition coefficient (Wildman–Crippen LogP) is 3.83. The summed E-state index contributed by atoms with van der Waals surface area (Å²) in [5, 5.41) is 5.15.